The molecule has 0 N–H and O–H groups in total. The molecule has 1 aliphatic carbocycles. The van der Waals surface area contributed by atoms with Gasteiger partial charge in [-0.2, -0.15) is 0 Å². The third-order valence-electron chi connectivity index (χ3n) is 2.90. The smallest absolute Gasteiger partial charge is 0.163 e. The van der Waals surface area contributed by atoms with Crippen LogP contribution in [0.3, 0.4) is 0 Å². The summed E-state index contributed by atoms with van der Waals surface area (Å²) >= 11 is 0. The first-order valence-corrected chi connectivity index (χ1v) is 5.15. The highest BCUT2D eigenvalue weighted by molar-refractivity contribution is 6.00. The average Bonchev–Trinajstić information content (AvgIpc) is 2.46. The van der Waals surface area contributed by atoms with Crippen LogP contribution < -0.4 is 0 Å². The van der Waals surface area contributed by atoms with E-state index in [1.807, 2.05) is 0 Å². The SMILES string of the molecule is CC(C)(C)c1ccc2c(c1)C(=O)CC2. The molecule has 1 nitrogen and oxygen atoms in total. The Hall–Kier alpha value is -1.11. The van der Waals surface area contributed by atoms with Crippen LogP contribution >= 0.6 is 0 Å². The first kappa shape index (κ1) is 9.45. The van der Waals surface area contributed by atoms with Crippen LogP contribution in [0, 0.1) is 0 Å². The Morgan fingerprint density at radius 3 is 2.50 bits per heavy atom. The monoisotopic (exact) mass is 188 g/mol. The summed E-state index contributed by atoms with van der Waals surface area (Å²) in [6.45, 7) is 6.52. The molecule has 0 radical (unpaired) electrons. The van der Waals surface area contributed by atoms with Gasteiger partial charge in [0.25, 0.3) is 0 Å². The number of hydrogen-bond donors (Lipinski definition) is 0. The Balaban J connectivity index is 2.50. The second-order valence-electron chi connectivity index (χ2n) is 5.05. The molecule has 0 aromatic heterocycles. The van der Waals surface area contributed by atoms with Gasteiger partial charge >= 0.3 is 0 Å². The van der Waals surface area contributed by atoms with Gasteiger partial charge in [0.1, 0.15) is 0 Å². The molecule has 1 aliphatic rings. The topological polar surface area (TPSA) is 17.1 Å². The van der Waals surface area contributed by atoms with Crippen LogP contribution in [0.15, 0.2) is 18.2 Å². The van der Waals surface area contributed by atoms with Crippen LogP contribution in [0.25, 0.3) is 0 Å². The van der Waals surface area contributed by atoms with Crippen molar-refractivity contribution in [1.29, 1.82) is 0 Å². The van der Waals surface area contributed by atoms with Gasteiger partial charge in [-0.15, -0.1) is 0 Å². The molecule has 0 atom stereocenters. The van der Waals surface area contributed by atoms with Crippen molar-refractivity contribution in [1.82, 2.24) is 0 Å². The highest BCUT2D eigenvalue weighted by atomic mass is 16.1. The molecular formula is C13H16O. The standard InChI is InChI=1S/C13H16O/c1-13(2,3)10-6-4-9-5-7-12(14)11(9)8-10/h4,6,8H,5,7H2,1-3H3. The average molecular weight is 188 g/mol. The molecule has 1 aromatic rings. The van der Waals surface area contributed by atoms with E-state index in [1.54, 1.807) is 0 Å². The van der Waals surface area contributed by atoms with Gasteiger partial charge in [-0.3, -0.25) is 4.79 Å². The van der Waals surface area contributed by atoms with Gasteiger partial charge in [-0.1, -0.05) is 32.9 Å². The third kappa shape index (κ3) is 1.47. The molecular weight excluding hydrogens is 172 g/mol. The minimum atomic E-state index is 0.137. The zero-order valence-electron chi connectivity index (χ0n) is 9.05. The van der Waals surface area contributed by atoms with E-state index < -0.39 is 0 Å². The van der Waals surface area contributed by atoms with Crippen molar-refractivity contribution in [3.05, 3.63) is 34.9 Å². The quantitative estimate of drug-likeness (QED) is 0.611. The first-order chi connectivity index (χ1) is 6.48. The molecule has 74 valence electrons. The molecule has 0 saturated heterocycles. The number of rotatable bonds is 0. The van der Waals surface area contributed by atoms with Crippen LogP contribution in [0.2, 0.25) is 0 Å². The summed E-state index contributed by atoms with van der Waals surface area (Å²) in [6, 6.07) is 6.34. The van der Waals surface area contributed by atoms with Gasteiger partial charge in [0, 0.05) is 12.0 Å². The van der Waals surface area contributed by atoms with Crippen molar-refractivity contribution in [2.24, 2.45) is 0 Å². The van der Waals surface area contributed by atoms with Crippen molar-refractivity contribution in [3.8, 4) is 0 Å². The fourth-order valence-corrected chi connectivity index (χ4v) is 1.90. The highest BCUT2D eigenvalue weighted by Gasteiger charge is 2.22. The normalized spacial score (nSPS) is 15.8. The molecule has 1 aromatic carbocycles. The van der Waals surface area contributed by atoms with Gasteiger partial charge in [-0.05, 0) is 29.0 Å². The van der Waals surface area contributed by atoms with E-state index in [2.05, 4.69) is 39.0 Å². The van der Waals surface area contributed by atoms with Crippen LogP contribution in [0.5, 0.6) is 0 Å². The number of Topliss-reactive ketones (excluding diaryl/α,β-unsaturated/α-hetero) is 1. The molecule has 0 spiro atoms. The lowest BCUT2D eigenvalue weighted by molar-refractivity contribution is 0.0994. The van der Waals surface area contributed by atoms with Crippen molar-refractivity contribution >= 4 is 5.78 Å². The maximum atomic E-state index is 11.5. The Kier molecular flexibility index (Phi) is 1.99. The molecule has 0 unspecified atom stereocenters. The predicted molar refractivity (Wildman–Crippen MR) is 57.8 cm³/mol. The molecule has 2 rings (SSSR count). The van der Waals surface area contributed by atoms with Gasteiger partial charge < -0.3 is 0 Å². The number of hydrogen-bond acceptors (Lipinski definition) is 1. The Morgan fingerprint density at radius 2 is 1.86 bits per heavy atom. The van der Waals surface area contributed by atoms with E-state index in [9.17, 15) is 4.79 Å². The zero-order valence-corrected chi connectivity index (χ0v) is 9.05. The Bertz CT molecular complexity index is 383. The summed E-state index contributed by atoms with van der Waals surface area (Å²) in [7, 11) is 0. The number of ketones is 1. The molecule has 0 aliphatic heterocycles. The summed E-state index contributed by atoms with van der Waals surface area (Å²) in [5.74, 6) is 0.311. The largest absolute Gasteiger partial charge is 0.294 e. The summed E-state index contributed by atoms with van der Waals surface area (Å²) in [5.41, 5.74) is 3.57. The second-order valence-corrected chi connectivity index (χ2v) is 5.05. The highest BCUT2D eigenvalue weighted by Crippen LogP contribution is 2.28. The number of benzene rings is 1. The second kappa shape index (κ2) is 2.94. The number of aryl methyl sites for hydroxylation is 1. The number of carbonyl (C=O) groups is 1. The zero-order chi connectivity index (χ0) is 10.3. The minimum Gasteiger partial charge on any atom is -0.294 e. The Morgan fingerprint density at radius 1 is 1.14 bits per heavy atom. The van der Waals surface area contributed by atoms with Crippen LogP contribution in [-0.4, -0.2) is 5.78 Å². The summed E-state index contributed by atoms with van der Waals surface area (Å²) < 4.78 is 0. The lowest BCUT2D eigenvalue weighted by Crippen LogP contribution is -2.11. The summed E-state index contributed by atoms with van der Waals surface area (Å²) in [5, 5.41) is 0. The Labute approximate surface area is 85.1 Å². The molecule has 1 heteroatoms. The van der Waals surface area contributed by atoms with E-state index in [0.29, 0.717) is 12.2 Å². The van der Waals surface area contributed by atoms with Crippen LogP contribution in [0.4, 0.5) is 0 Å². The molecule has 0 fully saturated rings. The molecule has 0 amide bonds. The molecule has 0 bridgehead atoms. The van der Waals surface area contributed by atoms with E-state index in [1.165, 1.54) is 11.1 Å². The summed E-state index contributed by atoms with van der Waals surface area (Å²) in [6.07, 6.45) is 1.63. The van der Waals surface area contributed by atoms with Crippen molar-refractivity contribution < 1.29 is 4.79 Å². The van der Waals surface area contributed by atoms with Gasteiger partial charge in [0.05, 0.1) is 0 Å². The molecule has 0 heterocycles. The lowest BCUT2D eigenvalue weighted by Gasteiger charge is -2.19. The lowest BCUT2D eigenvalue weighted by atomic mass is 9.85. The fourth-order valence-electron chi connectivity index (χ4n) is 1.90. The van der Waals surface area contributed by atoms with Crippen molar-refractivity contribution in [3.63, 3.8) is 0 Å². The number of fused-ring (bicyclic) bond motifs is 1. The van der Waals surface area contributed by atoms with E-state index in [-0.39, 0.29) is 5.41 Å². The fraction of sp³-hybridized carbons (Fsp3) is 0.462. The third-order valence-corrected chi connectivity index (χ3v) is 2.90. The summed E-state index contributed by atoms with van der Waals surface area (Å²) in [4.78, 5) is 11.5. The maximum absolute atomic E-state index is 11.5. The van der Waals surface area contributed by atoms with Crippen molar-refractivity contribution in [2.45, 2.75) is 39.0 Å². The minimum absolute atomic E-state index is 0.137. The first-order valence-electron chi connectivity index (χ1n) is 5.15. The van der Waals surface area contributed by atoms with Crippen LogP contribution in [0.1, 0.15) is 48.7 Å². The van der Waals surface area contributed by atoms with Gasteiger partial charge in [-0.25, -0.2) is 0 Å². The predicted octanol–water partition coefficient (Wildman–Crippen LogP) is 3.11. The molecule has 0 saturated carbocycles. The number of carbonyl (C=O) groups excluding carboxylic acids is 1. The van der Waals surface area contributed by atoms with E-state index >= 15 is 0 Å². The van der Waals surface area contributed by atoms with Crippen LogP contribution in [-0.2, 0) is 11.8 Å². The molecule has 14 heavy (non-hydrogen) atoms. The van der Waals surface area contributed by atoms with E-state index in [0.717, 1.165) is 12.0 Å². The maximum Gasteiger partial charge on any atom is 0.163 e. The van der Waals surface area contributed by atoms with Gasteiger partial charge in [0.2, 0.25) is 0 Å². The van der Waals surface area contributed by atoms with Gasteiger partial charge in [0.15, 0.2) is 5.78 Å². The van der Waals surface area contributed by atoms with E-state index in [4.69, 9.17) is 0 Å². The van der Waals surface area contributed by atoms with Crippen molar-refractivity contribution in [2.75, 3.05) is 0 Å².